The summed E-state index contributed by atoms with van der Waals surface area (Å²) in [4.78, 5) is 12.8. The summed E-state index contributed by atoms with van der Waals surface area (Å²) < 4.78 is 33.0. The van der Waals surface area contributed by atoms with E-state index >= 15 is 0 Å². The smallest absolute Gasteiger partial charge is 0.203 e. The van der Waals surface area contributed by atoms with Gasteiger partial charge in [0, 0.05) is 17.7 Å². The number of carbonyl (C=O) groups excluding carboxylic acids is 1. The van der Waals surface area contributed by atoms with Gasteiger partial charge in [-0.2, -0.15) is 0 Å². The molecule has 7 heteroatoms. The van der Waals surface area contributed by atoms with Gasteiger partial charge in [0.1, 0.15) is 28.9 Å². The van der Waals surface area contributed by atoms with Gasteiger partial charge in [0.25, 0.3) is 0 Å². The molecule has 1 atom stereocenters. The molecule has 0 amide bonds. The maximum atomic E-state index is 12.8. The van der Waals surface area contributed by atoms with Crippen molar-refractivity contribution in [3.63, 3.8) is 0 Å². The summed E-state index contributed by atoms with van der Waals surface area (Å²) in [6.45, 7) is 0. The van der Waals surface area contributed by atoms with Crippen LogP contribution in [-0.4, -0.2) is 41.3 Å². The fraction of sp³-hybridized carbons (Fsp3) is 0.350. The van der Waals surface area contributed by atoms with Crippen LogP contribution >= 0.6 is 0 Å². The van der Waals surface area contributed by atoms with E-state index in [2.05, 4.69) is 0 Å². The van der Waals surface area contributed by atoms with Crippen LogP contribution in [0.3, 0.4) is 0 Å². The summed E-state index contributed by atoms with van der Waals surface area (Å²) >= 11 is 0. The lowest BCUT2D eigenvalue weighted by atomic mass is 9.94. The molecule has 0 fully saturated rings. The van der Waals surface area contributed by atoms with Gasteiger partial charge in [-0.15, -0.1) is 0 Å². The fourth-order valence-electron chi connectivity index (χ4n) is 3.23. The average molecular weight is 374 g/mol. The van der Waals surface area contributed by atoms with Gasteiger partial charge in [0.05, 0.1) is 42.0 Å². The van der Waals surface area contributed by atoms with Crippen molar-refractivity contribution in [2.75, 3.05) is 35.5 Å². The van der Waals surface area contributed by atoms with E-state index in [9.17, 15) is 4.79 Å². The zero-order valence-corrected chi connectivity index (χ0v) is 16.0. The Labute approximate surface area is 157 Å². The molecule has 2 aromatic rings. The van der Waals surface area contributed by atoms with Crippen molar-refractivity contribution in [2.45, 2.75) is 12.5 Å². The molecule has 2 aromatic carbocycles. The lowest BCUT2D eigenvalue weighted by molar-refractivity contribution is 0.0840. The van der Waals surface area contributed by atoms with Gasteiger partial charge in [0.2, 0.25) is 5.75 Å². The number of fused-ring (bicyclic) bond motifs is 1. The van der Waals surface area contributed by atoms with Crippen molar-refractivity contribution < 1.29 is 33.2 Å². The summed E-state index contributed by atoms with van der Waals surface area (Å²) in [5, 5.41) is 0. The van der Waals surface area contributed by atoms with Crippen LogP contribution < -0.4 is 28.4 Å². The molecule has 7 nitrogen and oxygen atoms in total. The second kappa shape index (κ2) is 7.65. The van der Waals surface area contributed by atoms with E-state index in [0.29, 0.717) is 45.6 Å². The number of methoxy groups -OCH3 is 5. The highest BCUT2D eigenvalue weighted by Crippen LogP contribution is 2.47. The normalized spacial score (nSPS) is 15.4. The Hall–Kier alpha value is -3.09. The molecule has 0 unspecified atom stereocenters. The topological polar surface area (TPSA) is 72.5 Å². The minimum atomic E-state index is -0.545. The predicted octanol–water partition coefficient (Wildman–Crippen LogP) is 3.44. The molecular formula is C20H22O7. The van der Waals surface area contributed by atoms with Gasteiger partial charge in [-0.1, -0.05) is 0 Å². The van der Waals surface area contributed by atoms with E-state index in [1.165, 1.54) is 21.3 Å². The first-order chi connectivity index (χ1) is 13.1. The first-order valence-corrected chi connectivity index (χ1v) is 8.32. The van der Waals surface area contributed by atoms with Crippen molar-refractivity contribution >= 4 is 5.78 Å². The molecule has 0 aliphatic carbocycles. The molecule has 1 aliphatic heterocycles. The highest BCUT2D eigenvalue weighted by Gasteiger charge is 2.34. The zero-order valence-electron chi connectivity index (χ0n) is 16.0. The molecule has 0 N–H and O–H groups in total. The Morgan fingerprint density at radius 2 is 1.56 bits per heavy atom. The summed E-state index contributed by atoms with van der Waals surface area (Å²) in [7, 11) is 7.66. The summed E-state index contributed by atoms with van der Waals surface area (Å²) in [5.74, 6) is 2.73. The summed E-state index contributed by atoms with van der Waals surface area (Å²) in [5.41, 5.74) is 1.10. The molecule has 0 saturated carbocycles. The Bertz CT molecular complexity index is 860. The fourth-order valence-corrected chi connectivity index (χ4v) is 3.23. The molecule has 0 bridgehead atoms. The Kier molecular flexibility index (Phi) is 5.30. The zero-order chi connectivity index (χ0) is 19.6. The largest absolute Gasteiger partial charge is 0.496 e. The summed E-state index contributed by atoms with van der Waals surface area (Å²) in [6.07, 6.45) is -0.404. The number of Topliss-reactive ketones (excluding diaryl/α,β-unsaturated/α-hetero) is 1. The molecule has 0 saturated heterocycles. The van der Waals surface area contributed by atoms with E-state index in [0.717, 1.165) is 0 Å². The third kappa shape index (κ3) is 3.20. The standard InChI is InChI=1S/C20H22O7/c1-22-11-8-16(24-3)18-13(21)10-15(27-17(18)9-11)12-6-7-14(23-2)20(26-5)19(12)25-4/h6-9,15H,10H2,1-5H3/t15-/m0/s1. The summed E-state index contributed by atoms with van der Waals surface area (Å²) in [6, 6.07) is 6.90. The van der Waals surface area contributed by atoms with Crippen molar-refractivity contribution in [3.8, 4) is 34.5 Å². The lowest BCUT2D eigenvalue weighted by Crippen LogP contribution is -2.22. The Morgan fingerprint density at radius 1 is 0.852 bits per heavy atom. The first kappa shape index (κ1) is 18.7. The number of hydrogen-bond acceptors (Lipinski definition) is 7. The molecule has 144 valence electrons. The predicted molar refractivity (Wildman–Crippen MR) is 98.0 cm³/mol. The number of carbonyl (C=O) groups is 1. The SMILES string of the molecule is COc1cc(OC)c2c(c1)O[C@H](c1ccc(OC)c(OC)c1OC)CC2=O. The van der Waals surface area contributed by atoms with Gasteiger partial charge in [-0.3, -0.25) is 4.79 Å². The van der Waals surface area contributed by atoms with Crippen molar-refractivity contribution in [2.24, 2.45) is 0 Å². The number of ketones is 1. The third-order valence-electron chi connectivity index (χ3n) is 4.50. The molecule has 27 heavy (non-hydrogen) atoms. The van der Waals surface area contributed by atoms with E-state index in [-0.39, 0.29) is 12.2 Å². The van der Waals surface area contributed by atoms with Crippen LogP contribution in [0.25, 0.3) is 0 Å². The van der Waals surface area contributed by atoms with Crippen molar-refractivity contribution in [3.05, 3.63) is 35.4 Å². The van der Waals surface area contributed by atoms with Gasteiger partial charge >= 0.3 is 0 Å². The van der Waals surface area contributed by atoms with Gasteiger partial charge in [-0.25, -0.2) is 0 Å². The van der Waals surface area contributed by atoms with Crippen LogP contribution in [0.1, 0.15) is 28.4 Å². The minimum absolute atomic E-state index is 0.0856. The quantitative estimate of drug-likeness (QED) is 0.767. The van der Waals surface area contributed by atoms with Gasteiger partial charge in [0.15, 0.2) is 17.3 Å². The maximum Gasteiger partial charge on any atom is 0.203 e. The molecule has 1 aliphatic rings. The van der Waals surface area contributed by atoms with Crippen LogP contribution in [0.2, 0.25) is 0 Å². The van der Waals surface area contributed by atoms with E-state index in [1.807, 2.05) is 0 Å². The second-order valence-electron chi connectivity index (χ2n) is 5.86. The number of rotatable bonds is 6. The van der Waals surface area contributed by atoms with Crippen LogP contribution in [0.4, 0.5) is 0 Å². The molecule has 0 spiro atoms. The molecule has 0 aromatic heterocycles. The van der Waals surface area contributed by atoms with Gasteiger partial charge < -0.3 is 28.4 Å². The average Bonchev–Trinajstić information content (AvgIpc) is 2.70. The third-order valence-corrected chi connectivity index (χ3v) is 4.50. The van der Waals surface area contributed by atoms with Crippen LogP contribution in [-0.2, 0) is 0 Å². The van der Waals surface area contributed by atoms with E-state index < -0.39 is 6.10 Å². The number of ether oxygens (including phenoxy) is 6. The maximum absolute atomic E-state index is 12.8. The van der Waals surface area contributed by atoms with Crippen molar-refractivity contribution in [1.29, 1.82) is 0 Å². The van der Waals surface area contributed by atoms with Crippen LogP contribution in [0, 0.1) is 0 Å². The molecule has 1 heterocycles. The van der Waals surface area contributed by atoms with E-state index in [4.69, 9.17) is 28.4 Å². The Balaban J connectivity index is 2.08. The second-order valence-corrected chi connectivity index (χ2v) is 5.86. The number of hydrogen-bond donors (Lipinski definition) is 0. The monoisotopic (exact) mass is 374 g/mol. The van der Waals surface area contributed by atoms with Crippen LogP contribution in [0.5, 0.6) is 34.5 Å². The Morgan fingerprint density at radius 3 is 2.15 bits per heavy atom. The highest BCUT2D eigenvalue weighted by molar-refractivity contribution is 6.03. The van der Waals surface area contributed by atoms with Crippen molar-refractivity contribution in [1.82, 2.24) is 0 Å². The highest BCUT2D eigenvalue weighted by atomic mass is 16.5. The van der Waals surface area contributed by atoms with E-state index in [1.54, 1.807) is 38.5 Å². The minimum Gasteiger partial charge on any atom is -0.496 e. The van der Waals surface area contributed by atoms with Crippen LogP contribution in [0.15, 0.2) is 24.3 Å². The molecule has 0 radical (unpaired) electrons. The number of benzene rings is 2. The first-order valence-electron chi connectivity index (χ1n) is 8.32. The lowest BCUT2D eigenvalue weighted by Gasteiger charge is -2.28. The molecular weight excluding hydrogens is 352 g/mol. The van der Waals surface area contributed by atoms with Gasteiger partial charge in [-0.05, 0) is 12.1 Å². The molecule has 3 rings (SSSR count).